The fourth-order valence-electron chi connectivity index (χ4n) is 3.57. The Hall–Kier alpha value is -3.42. The monoisotopic (exact) mass is 513 g/mol. The number of alkyl halides is 3. The topological polar surface area (TPSA) is 125 Å². The highest BCUT2D eigenvalue weighted by molar-refractivity contribution is 7.91. The fourth-order valence-corrected chi connectivity index (χ4v) is 5.30. The number of hydrogen-bond acceptors (Lipinski definition) is 8. The van der Waals surface area contributed by atoms with E-state index >= 15 is 0 Å². The number of aromatic nitrogens is 4. The lowest BCUT2D eigenvalue weighted by molar-refractivity contribution is -0.153. The third-order valence-electron chi connectivity index (χ3n) is 5.57. The normalized spacial score (nSPS) is 17.2. The molecule has 1 fully saturated rings. The maximum Gasteiger partial charge on any atom is 0.422 e. The Labute approximate surface area is 198 Å². The second-order valence-electron chi connectivity index (χ2n) is 8.47. The van der Waals surface area contributed by atoms with Crippen LogP contribution < -0.4 is 14.8 Å². The highest BCUT2D eigenvalue weighted by Gasteiger charge is 2.35. The zero-order chi connectivity index (χ0) is 25.4. The van der Waals surface area contributed by atoms with E-state index in [0.717, 1.165) is 0 Å². The van der Waals surface area contributed by atoms with E-state index in [1.54, 1.807) is 20.0 Å². The van der Waals surface area contributed by atoms with Crippen LogP contribution in [-0.2, 0) is 16.9 Å². The summed E-state index contributed by atoms with van der Waals surface area (Å²) in [6, 6.07) is 5.68. The molecule has 4 rings (SSSR count). The number of nitrogens with one attached hydrogen (secondary N) is 1. The number of nitrogens with zero attached hydrogens (tertiary/aromatic N) is 4. The van der Waals surface area contributed by atoms with Crippen molar-refractivity contribution in [3.05, 3.63) is 36.3 Å². The van der Waals surface area contributed by atoms with Crippen LogP contribution in [0.5, 0.6) is 17.5 Å². The molecule has 0 unspecified atom stereocenters. The summed E-state index contributed by atoms with van der Waals surface area (Å²) in [6.07, 6.45) is -2.61. The molecule has 10 nitrogen and oxygen atoms in total. The summed E-state index contributed by atoms with van der Waals surface area (Å²) in [5.41, 5.74) is -0.0118. The third-order valence-corrected chi connectivity index (χ3v) is 7.22. The van der Waals surface area contributed by atoms with Crippen LogP contribution >= 0.6 is 0 Å². The SMILES string of the molecule is Cn1c(C(=O)NC2(C)CCS(=O)(=O)CC2)nc2ccc(Oc3ncccc3OCC(F)(F)F)nc21. The minimum Gasteiger partial charge on any atom is -0.478 e. The number of ether oxygens (including phenoxy) is 2. The van der Waals surface area contributed by atoms with E-state index in [4.69, 9.17) is 9.47 Å². The molecule has 1 aliphatic heterocycles. The maximum atomic E-state index is 12.9. The summed E-state index contributed by atoms with van der Waals surface area (Å²) < 4.78 is 72.8. The largest absolute Gasteiger partial charge is 0.478 e. The quantitative estimate of drug-likeness (QED) is 0.534. The highest BCUT2D eigenvalue weighted by Crippen LogP contribution is 2.30. The molecule has 0 aliphatic carbocycles. The van der Waals surface area contributed by atoms with Gasteiger partial charge in [-0.15, -0.1) is 0 Å². The van der Waals surface area contributed by atoms with Crippen molar-refractivity contribution in [2.24, 2.45) is 7.05 Å². The number of imidazole rings is 1. The first-order valence-corrected chi connectivity index (χ1v) is 12.4. The molecule has 1 N–H and O–H groups in total. The van der Waals surface area contributed by atoms with Gasteiger partial charge in [-0.2, -0.15) is 18.2 Å². The lowest BCUT2D eigenvalue weighted by Crippen LogP contribution is -2.51. The predicted octanol–water partition coefficient (Wildman–Crippen LogP) is 2.79. The molecule has 4 heterocycles. The van der Waals surface area contributed by atoms with Crippen molar-refractivity contribution in [1.82, 2.24) is 24.8 Å². The Kier molecular flexibility index (Phi) is 6.34. The molecule has 35 heavy (non-hydrogen) atoms. The zero-order valence-corrected chi connectivity index (χ0v) is 19.6. The van der Waals surface area contributed by atoms with Crippen molar-refractivity contribution in [2.45, 2.75) is 31.5 Å². The lowest BCUT2D eigenvalue weighted by atomic mass is 9.95. The van der Waals surface area contributed by atoms with Crippen molar-refractivity contribution < 1.29 is 35.9 Å². The molecule has 1 saturated heterocycles. The standard InChI is InChI=1S/C21H22F3N5O5S/c1-20(7-10-35(31,32)11-8-20)28-18(30)17-26-13-5-6-15(27-16(13)29(17)2)34-19-14(4-3-9-25-19)33-12-21(22,23)24/h3-6,9H,7-8,10-12H2,1-2H3,(H,28,30). The molecule has 0 spiro atoms. The van der Waals surface area contributed by atoms with Gasteiger partial charge in [0, 0.05) is 24.8 Å². The summed E-state index contributed by atoms with van der Waals surface area (Å²) in [7, 11) is -1.52. The van der Waals surface area contributed by atoms with Crippen LogP contribution in [0.1, 0.15) is 30.4 Å². The molecule has 0 bridgehead atoms. The van der Waals surface area contributed by atoms with Gasteiger partial charge in [0.25, 0.3) is 11.8 Å². The number of amides is 1. The van der Waals surface area contributed by atoms with Crippen LogP contribution in [0.25, 0.3) is 11.2 Å². The van der Waals surface area contributed by atoms with Gasteiger partial charge in [0.15, 0.2) is 18.0 Å². The molecular weight excluding hydrogens is 491 g/mol. The molecule has 0 atom stereocenters. The fraction of sp³-hybridized carbons (Fsp3) is 0.429. The number of hydrogen-bond donors (Lipinski definition) is 1. The summed E-state index contributed by atoms with van der Waals surface area (Å²) in [6.45, 7) is 0.282. The minimum atomic E-state index is -4.53. The Morgan fingerprint density at radius 3 is 2.60 bits per heavy atom. The van der Waals surface area contributed by atoms with Crippen molar-refractivity contribution in [3.8, 4) is 17.5 Å². The number of carbonyl (C=O) groups is 1. The molecule has 1 amide bonds. The summed E-state index contributed by atoms with van der Waals surface area (Å²) in [5, 5.41) is 2.88. The second kappa shape index (κ2) is 8.98. The molecule has 14 heteroatoms. The van der Waals surface area contributed by atoms with E-state index in [-0.39, 0.29) is 40.5 Å². The first-order chi connectivity index (χ1) is 16.3. The second-order valence-corrected chi connectivity index (χ2v) is 10.8. The van der Waals surface area contributed by atoms with Gasteiger partial charge >= 0.3 is 6.18 Å². The smallest absolute Gasteiger partial charge is 0.422 e. The van der Waals surface area contributed by atoms with Crippen molar-refractivity contribution in [3.63, 3.8) is 0 Å². The molecule has 0 radical (unpaired) electrons. The van der Waals surface area contributed by atoms with E-state index in [0.29, 0.717) is 18.4 Å². The molecule has 3 aromatic heterocycles. The average Bonchev–Trinajstić information content (AvgIpc) is 3.11. The van der Waals surface area contributed by atoms with Gasteiger partial charge in [-0.05, 0) is 38.0 Å². The first-order valence-electron chi connectivity index (χ1n) is 10.5. The number of halogens is 3. The Balaban J connectivity index is 1.54. The molecule has 3 aromatic rings. The highest BCUT2D eigenvalue weighted by atomic mass is 32.2. The molecular formula is C21H22F3N5O5S. The molecule has 188 valence electrons. The van der Waals surface area contributed by atoms with Crippen molar-refractivity contribution >= 4 is 26.9 Å². The van der Waals surface area contributed by atoms with E-state index < -0.39 is 34.1 Å². The summed E-state index contributed by atoms with van der Waals surface area (Å²) in [4.78, 5) is 25.4. The van der Waals surface area contributed by atoms with Gasteiger partial charge in [0.2, 0.25) is 11.7 Å². The zero-order valence-electron chi connectivity index (χ0n) is 18.8. The number of carbonyl (C=O) groups excluding carboxylic acids is 1. The van der Waals surface area contributed by atoms with Gasteiger partial charge in [-0.25, -0.2) is 18.4 Å². The van der Waals surface area contributed by atoms with E-state index in [1.807, 2.05) is 0 Å². The van der Waals surface area contributed by atoms with Crippen LogP contribution in [-0.4, -0.2) is 63.7 Å². The average molecular weight is 513 g/mol. The van der Waals surface area contributed by atoms with Crippen LogP contribution in [0.4, 0.5) is 13.2 Å². The minimum absolute atomic E-state index is 0.00320. The van der Waals surface area contributed by atoms with Crippen molar-refractivity contribution in [2.75, 3.05) is 18.1 Å². The van der Waals surface area contributed by atoms with E-state index in [2.05, 4.69) is 20.3 Å². The third kappa shape index (κ3) is 5.81. The molecule has 0 aromatic carbocycles. The molecule has 1 aliphatic rings. The van der Waals surface area contributed by atoms with Gasteiger partial charge < -0.3 is 19.4 Å². The van der Waals surface area contributed by atoms with Crippen LogP contribution in [0.3, 0.4) is 0 Å². The summed E-state index contributed by atoms with van der Waals surface area (Å²) in [5.74, 6) is -0.835. The van der Waals surface area contributed by atoms with Gasteiger partial charge in [-0.1, -0.05) is 0 Å². The van der Waals surface area contributed by atoms with Crippen LogP contribution in [0.15, 0.2) is 30.5 Å². The number of aryl methyl sites for hydroxylation is 1. The summed E-state index contributed by atoms with van der Waals surface area (Å²) >= 11 is 0. The Morgan fingerprint density at radius 1 is 1.20 bits per heavy atom. The Bertz CT molecular complexity index is 1360. The number of fused-ring (bicyclic) bond motifs is 1. The number of pyridine rings is 2. The van der Waals surface area contributed by atoms with Gasteiger partial charge in [-0.3, -0.25) is 4.79 Å². The lowest BCUT2D eigenvalue weighted by Gasteiger charge is -2.34. The van der Waals surface area contributed by atoms with E-state index in [9.17, 15) is 26.4 Å². The van der Waals surface area contributed by atoms with Gasteiger partial charge in [0.05, 0.1) is 11.5 Å². The predicted molar refractivity (Wildman–Crippen MR) is 118 cm³/mol. The number of rotatable bonds is 6. The van der Waals surface area contributed by atoms with Crippen molar-refractivity contribution in [1.29, 1.82) is 0 Å². The van der Waals surface area contributed by atoms with Crippen LogP contribution in [0.2, 0.25) is 0 Å². The number of sulfone groups is 1. The molecule has 0 saturated carbocycles. The van der Waals surface area contributed by atoms with Crippen LogP contribution in [0, 0.1) is 0 Å². The Morgan fingerprint density at radius 2 is 1.91 bits per heavy atom. The van der Waals surface area contributed by atoms with Gasteiger partial charge in [0.1, 0.15) is 15.4 Å². The van der Waals surface area contributed by atoms with E-state index in [1.165, 1.54) is 29.0 Å². The first kappa shape index (κ1) is 24.7. The maximum absolute atomic E-state index is 12.9.